The van der Waals surface area contributed by atoms with Crippen molar-refractivity contribution < 1.29 is 18.3 Å². The molecular weight excluding hydrogens is 206 g/mol. The van der Waals surface area contributed by atoms with Gasteiger partial charge in [-0.3, -0.25) is 0 Å². The largest absolute Gasteiger partial charge is 0.395 e. The van der Waals surface area contributed by atoms with E-state index >= 15 is 0 Å². The SMILES string of the molecule is CC(CO)S(=O)(=O)N1CC2CC1CO2. The van der Waals surface area contributed by atoms with Crippen LogP contribution < -0.4 is 0 Å². The van der Waals surface area contributed by atoms with Crippen molar-refractivity contribution >= 4 is 10.0 Å². The van der Waals surface area contributed by atoms with Crippen LogP contribution in [0.2, 0.25) is 0 Å². The number of hydrogen-bond acceptors (Lipinski definition) is 4. The van der Waals surface area contributed by atoms with Gasteiger partial charge in [0.15, 0.2) is 0 Å². The molecule has 6 heteroatoms. The van der Waals surface area contributed by atoms with Crippen molar-refractivity contribution in [2.75, 3.05) is 19.8 Å². The van der Waals surface area contributed by atoms with Gasteiger partial charge in [-0.25, -0.2) is 8.42 Å². The number of nitrogens with zero attached hydrogens (tertiary/aromatic N) is 1. The number of rotatable bonds is 3. The van der Waals surface area contributed by atoms with Crippen molar-refractivity contribution in [1.82, 2.24) is 4.31 Å². The van der Waals surface area contributed by atoms with Gasteiger partial charge < -0.3 is 9.84 Å². The molecule has 2 bridgehead atoms. The van der Waals surface area contributed by atoms with Gasteiger partial charge >= 0.3 is 0 Å². The summed E-state index contributed by atoms with van der Waals surface area (Å²) < 4.78 is 30.5. The normalized spacial score (nSPS) is 35.0. The molecule has 0 aromatic rings. The minimum Gasteiger partial charge on any atom is -0.395 e. The maximum absolute atomic E-state index is 11.9. The molecule has 3 unspecified atom stereocenters. The lowest BCUT2D eigenvalue weighted by atomic mass is 10.3. The highest BCUT2D eigenvalue weighted by Gasteiger charge is 2.46. The fraction of sp³-hybridized carbons (Fsp3) is 1.00. The molecule has 2 aliphatic rings. The van der Waals surface area contributed by atoms with Gasteiger partial charge in [0, 0.05) is 6.54 Å². The summed E-state index contributed by atoms with van der Waals surface area (Å²) in [7, 11) is -3.32. The van der Waals surface area contributed by atoms with Crippen LogP contribution in [0.4, 0.5) is 0 Å². The van der Waals surface area contributed by atoms with E-state index in [0.29, 0.717) is 13.2 Å². The van der Waals surface area contributed by atoms with E-state index in [1.165, 1.54) is 11.2 Å². The number of ether oxygens (including phenoxy) is 1. The van der Waals surface area contributed by atoms with Crippen LogP contribution in [0.25, 0.3) is 0 Å². The summed E-state index contributed by atoms with van der Waals surface area (Å²) in [5.74, 6) is 0. The van der Waals surface area contributed by atoms with Gasteiger partial charge in [-0.15, -0.1) is 0 Å². The van der Waals surface area contributed by atoms with E-state index in [-0.39, 0.29) is 18.8 Å². The smallest absolute Gasteiger partial charge is 0.219 e. The molecule has 14 heavy (non-hydrogen) atoms. The lowest BCUT2D eigenvalue weighted by Crippen LogP contribution is -2.46. The van der Waals surface area contributed by atoms with Crippen LogP contribution in [-0.2, 0) is 14.8 Å². The molecule has 0 aromatic heterocycles. The highest BCUT2D eigenvalue weighted by atomic mass is 32.2. The van der Waals surface area contributed by atoms with E-state index in [4.69, 9.17) is 9.84 Å². The van der Waals surface area contributed by atoms with E-state index in [1.807, 2.05) is 0 Å². The molecule has 5 nitrogen and oxygen atoms in total. The number of morpholine rings is 1. The average Bonchev–Trinajstić information content (AvgIpc) is 2.77. The van der Waals surface area contributed by atoms with Crippen LogP contribution in [-0.4, -0.2) is 55.0 Å². The molecule has 0 saturated carbocycles. The van der Waals surface area contributed by atoms with Gasteiger partial charge in [0.05, 0.1) is 30.6 Å². The fourth-order valence-corrected chi connectivity index (χ4v) is 3.59. The molecule has 0 amide bonds. The molecule has 2 aliphatic heterocycles. The first-order valence-electron chi connectivity index (χ1n) is 4.79. The zero-order valence-electron chi connectivity index (χ0n) is 8.09. The molecule has 0 radical (unpaired) electrons. The Balaban J connectivity index is 2.16. The number of aliphatic hydroxyl groups excluding tert-OH is 1. The quantitative estimate of drug-likeness (QED) is 0.675. The Kier molecular flexibility index (Phi) is 2.55. The average molecular weight is 221 g/mol. The van der Waals surface area contributed by atoms with Crippen molar-refractivity contribution in [3.05, 3.63) is 0 Å². The van der Waals surface area contributed by atoms with Gasteiger partial charge in [0.2, 0.25) is 10.0 Å². The predicted molar refractivity (Wildman–Crippen MR) is 50.3 cm³/mol. The summed E-state index contributed by atoms with van der Waals surface area (Å²) in [5.41, 5.74) is 0. The molecule has 2 rings (SSSR count). The summed E-state index contributed by atoms with van der Waals surface area (Å²) in [6.07, 6.45) is 0.873. The van der Waals surface area contributed by atoms with Gasteiger partial charge in [-0.2, -0.15) is 4.31 Å². The first-order chi connectivity index (χ1) is 6.55. The van der Waals surface area contributed by atoms with Crippen molar-refractivity contribution in [2.45, 2.75) is 30.7 Å². The Morgan fingerprint density at radius 3 is 2.79 bits per heavy atom. The predicted octanol–water partition coefficient (Wildman–Crippen LogP) is -0.830. The third-order valence-corrected chi connectivity index (χ3v) is 5.21. The second-order valence-electron chi connectivity index (χ2n) is 3.95. The van der Waals surface area contributed by atoms with Crippen LogP contribution in [0.15, 0.2) is 0 Å². The summed E-state index contributed by atoms with van der Waals surface area (Å²) >= 11 is 0. The maximum Gasteiger partial charge on any atom is 0.219 e. The standard InChI is InChI=1S/C8H15NO4S/c1-6(4-10)14(11,12)9-3-8-2-7(9)5-13-8/h6-8,10H,2-5H2,1H3. The molecule has 2 fully saturated rings. The van der Waals surface area contributed by atoms with Crippen LogP contribution in [0, 0.1) is 0 Å². The summed E-state index contributed by atoms with van der Waals surface area (Å²) in [6, 6.07) is -0.000926. The molecule has 1 N–H and O–H groups in total. The minimum atomic E-state index is -3.32. The minimum absolute atomic E-state index is 0.000926. The summed E-state index contributed by atoms with van der Waals surface area (Å²) in [5, 5.41) is 8.16. The van der Waals surface area contributed by atoms with Crippen molar-refractivity contribution in [2.24, 2.45) is 0 Å². The van der Waals surface area contributed by atoms with Crippen molar-refractivity contribution in [3.8, 4) is 0 Å². The van der Waals surface area contributed by atoms with E-state index < -0.39 is 15.3 Å². The van der Waals surface area contributed by atoms with Crippen LogP contribution >= 0.6 is 0 Å². The molecule has 2 heterocycles. The molecule has 0 spiro atoms. The highest BCUT2D eigenvalue weighted by molar-refractivity contribution is 7.89. The number of hydrogen-bond donors (Lipinski definition) is 1. The van der Waals surface area contributed by atoms with E-state index in [0.717, 1.165) is 6.42 Å². The highest BCUT2D eigenvalue weighted by Crippen LogP contribution is 2.31. The molecule has 2 saturated heterocycles. The number of sulfonamides is 1. The van der Waals surface area contributed by atoms with Gasteiger partial charge in [-0.05, 0) is 13.3 Å². The Hall–Kier alpha value is -0.170. The van der Waals surface area contributed by atoms with Gasteiger partial charge in [0.1, 0.15) is 0 Å². The zero-order valence-corrected chi connectivity index (χ0v) is 8.90. The number of fused-ring (bicyclic) bond motifs is 2. The van der Waals surface area contributed by atoms with E-state index in [1.54, 1.807) is 0 Å². The first-order valence-corrected chi connectivity index (χ1v) is 6.29. The second kappa shape index (κ2) is 3.44. The lowest BCUT2D eigenvalue weighted by molar-refractivity contribution is 0.0603. The van der Waals surface area contributed by atoms with Crippen LogP contribution in [0.1, 0.15) is 13.3 Å². The summed E-state index contributed by atoms with van der Waals surface area (Å²) in [6.45, 7) is 2.17. The Morgan fingerprint density at radius 1 is 1.64 bits per heavy atom. The maximum atomic E-state index is 11.9. The van der Waals surface area contributed by atoms with Crippen LogP contribution in [0.5, 0.6) is 0 Å². The zero-order chi connectivity index (χ0) is 10.3. The number of aliphatic hydroxyl groups is 1. The third-order valence-electron chi connectivity index (χ3n) is 2.94. The monoisotopic (exact) mass is 221 g/mol. The van der Waals surface area contributed by atoms with E-state index in [9.17, 15) is 8.42 Å². The third kappa shape index (κ3) is 1.46. The molecular formula is C8H15NO4S. The Morgan fingerprint density at radius 2 is 2.36 bits per heavy atom. The van der Waals surface area contributed by atoms with Crippen molar-refractivity contribution in [3.63, 3.8) is 0 Å². The van der Waals surface area contributed by atoms with Gasteiger partial charge in [-0.1, -0.05) is 0 Å². The van der Waals surface area contributed by atoms with E-state index in [2.05, 4.69) is 0 Å². The topological polar surface area (TPSA) is 66.8 Å². The second-order valence-corrected chi connectivity index (χ2v) is 6.26. The Labute approximate surface area is 83.7 Å². The van der Waals surface area contributed by atoms with Crippen LogP contribution in [0.3, 0.4) is 0 Å². The molecule has 0 aliphatic carbocycles. The molecule has 3 atom stereocenters. The van der Waals surface area contributed by atoms with Crippen molar-refractivity contribution in [1.29, 1.82) is 0 Å². The lowest BCUT2D eigenvalue weighted by Gasteiger charge is -2.28. The summed E-state index contributed by atoms with van der Waals surface area (Å²) in [4.78, 5) is 0. The van der Waals surface area contributed by atoms with Gasteiger partial charge in [0.25, 0.3) is 0 Å². The fourth-order valence-electron chi connectivity index (χ4n) is 2.00. The molecule has 0 aromatic carbocycles. The first kappa shape index (κ1) is 10.4. The Bertz CT molecular complexity index is 315. The molecule has 82 valence electrons.